The van der Waals surface area contributed by atoms with Crippen molar-refractivity contribution in [2.45, 2.75) is 12.5 Å². The van der Waals surface area contributed by atoms with Gasteiger partial charge in [0.1, 0.15) is 11.6 Å². The molecule has 1 aromatic heterocycles. The van der Waals surface area contributed by atoms with Gasteiger partial charge >= 0.3 is 0 Å². The summed E-state index contributed by atoms with van der Waals surface area (Å²) < 4.78 is 17.9. The van der Waals surface area contributed by atoms with Gasteiger partial charge in [-0.2, -0.15) is 5.26 Å². The van der Waals surface area contributed by atoms with Gasteiger partial charge in [-0.05, 0) is 36.2 Å². The second-order valence-electron chi connectivity index (χ2n) is 3.91. The van der Waals surface area contributed by atoms with Crippen molar-refractivity contribution < 1.29 is 8.81 Å². The highest BCUT2D eigenvalue weighted by Gasteiger charge is 2.11. The van der Waals surface area contributed by atoms with Gasteiger partial charge in [-0.1, -0.05) is 12.1 Å². The largest absolute Gasteiger partial charge is 0.467 e. The number of hydrogen-bond donors (Lipinski definition) is 1. The van der Waals surface area contributed by atoms with Crippen molar-refractivity contribution in [2.75, 3.05) is 6.54 Å². The Morgan fingerprint density at radius 1 is 1.28 bits per heavy atom. The lowest BCUT2D eigenvalue weighted by molar-refractivity contribution is 0.459. The minimum absolute atomic E-state index is 0.239. The van der Waals surface area contributed by atoms with Crippen molar-refractivity contribution in [3.63, 3.8) is 0 Å². The number of nitriles is 1. The summed E-state index contributed by atoms with van der Waals surface area (Å²) >= 11 is 0. The fourth-order valence-electron chi connectivity index (χ4n) is 1.68. The lowest BCUT2D eigenvalue weighted by Gasteiger charge is -2.08. The van der Waals surface area contributed by atoms with E-state index >= 15 is 0 Å². The number of rotatable bonds is 5. The third-order valence-electron chi connectivity index (χ3n) is 2.63. The summed E-state index contributed by atoms with van der Waals surface area (Å²) in [5, 5.41) is 12.1. The van der Waals surface area contributed by atoms with E-state index in [1.807, 2.05) is 0 Å². The standard InChI is InChI=1S/C14H13FN2O/c15-12-5-3-11(4-6-12)7-8-17-13(10-16)14-2-1-9-18-14/h1-6,9,13,17H,7-8H2. The van der Waals surface area contributed by atoms with E-state index in [0.717, 1.165) is 12.0 Å². The molecule has 1 unspecified atom stereocenters. The van der Waals surface area contributed by atoms with Gasteiger partial charge in [0.15, 0.2) is 6.04 Å². The first-order valence-corrected chi connectivity index (χ1v) is 5.70. The smallest absolute Gasteiger partial charge is 0.154 e. The second-order valence-corrected chi connectivity index (χ2v) is 3.91. The van der Waals surface area contributed by atoms with Crippen LogP contribution in [0.25, 0.3) is 0 Å². The molecule has 4 heteroatoms. The number of benzene rings is 1. The Morgan fingerprint density at radius 2 is 2.06 bits per heavy atom. The van der Waals surface area contributed by atoms with E-state index in [2.05, 4.69) is 11.4 Å². The van der Waals surface area contributed by atoms with Crippen molar-refractivity contribution in [1.29, 1.82) is 5.26 Å². The summed E-state index contributed by atoms with van der Waals surface area (Å²) in [6, 6.07) is 11.6. The Bertz CT molecular complexity index is 514. The SMILES string of the molecule is N#CC(NCCc1ccc(F)cc1)c1ccco1. The minimum Gasteiger partial charge on any atom is -0.467 e. The summed E-state index contributed by atoms with van der Waals surface area (Å²) in [5.74, 6) is 0.369. The van der Waals surface area contributed by atoms with E-state index in [-0.39, 0.29) is 5.82 Å². The van der Waals surface area contributed by atoms with Gasteiger partial charge in [0.05, 0.1) is 12.3 Å². The summed E-state index contributed by atoms with van der Waals surface area (Å²) in [6.45, 7) is 0.630. The zero-order valence-electron chi connectivity index (χ0n) is 9.77. The first-order chi connectivity index (χ1) is 8.79. The highest BCUT2D eigenvalue weighted by Crippen LogP contribution is 2.12. The normalized spacial score (nSPS) is 12.0. The molecule has 92 valence electrons. The van der Waals surface area contributed by atoms with E-state index in [4.69, 9.17) is 9.68 Å². The maximum absolute atomic E-state index is 12.7. The molecule has 0 aliphatic rings. The van der Waals surface area contributed by atoms with Crippen molar-refractivity contribution in [1.82, 2.24) is 5.32 Å². The van der Waals surface area contributed by atoms with E-state index < -0.39 is 6.04 Å². The van der Waals surface area contributed by atoms with Gasteiger partial charge in [0.25, 0.3) is 0 Å². The molecule has 18 heavy (non-hydrogen) atoms. The summed E-state index contributed by atoms with van der Waals surface area (Å²) in [6.07, 6.45) is 2.28. The molecule has 0 aliphatic carbocycles. The number of hydrogen-bond acceptors (Lipinski definition) is 3. The molecule has 1 heterocycles. The Morgan fingerprint density at radius 3 is 2.67 bits per heavy atom. The molecule has 0 spiro atoms. The molecular weight excluding hydrogens is 231 g/mol. The van der Waals surface area contributed by atoms with Crippen molar-refractivity contribution >= 4 is 0 Å². The molecule has 0 aliphatic heterocycles. The molecule has 0 saturated carbocycles. The maximum Gasteiger partial charge on any atom is 0.154 e. The van der Waals surface area contributed by atoms with Crippen LogP contribution >= 0.6 is 0 Å². The molecule has 1 atom stereocenters. The van der Waals surface area contributed by atoms with Crippen LogP contribution in [0, 0.1) is 17.1 Å². The zero-order chi connectivity index (χ0) is 12.8. The molecule has 1 aromatic carbocycles. The van der Waals surface area contributed by atoms with Crippen molar-refractivity contribution in [3.05, 3.63) is 59.8 Å². The third kappa shape index (κ3) is 3.19. The second kappa shape index (κ2) is 5.99. The van der Waals surface area contributed by atoms with Crippen LogP contribution in [0.5, 0.6) is 0 Å². The van der Waals surface area contributed by atoms with Crippen LogP contribution in [-0.2, 0) is 6.42 Å². The van der Waals surface area contributed by atoms with Crippen LogP contribution in [-0.4, -0.2) is 6.54 Å². The lowest BCUT2D eigenvalue weighted by atomic mass is 10.1. The van der Waals surface area contributed by atoms with E-state index in [1.54, 1.807) is 30.5 Å². The first-order valence-electron chi connectivity index (χ1n) is 5.70. The van der Waals surface area contributed by atoms with Crippen molar-refractivity contribution in [2.24, 2.45) is 0 Å². The van der Waals surface area contributed by atoms with Gasteiger partial charge in [-0.25, -0.2) is 4.39 Å². The lowest BCUT2D eigenvalue weighted by Crippen LogP contribution is -2.22. The number of nitrogens with zero attached hydrogens (tertiary/aromatic N) is 1. The molecular formula is C14H13FN2O. The summed E-state index contributed by atoms with van der Waals surface area (Å²) in [4.78, 5) is 0. The van der Waals surface area contributed by atoms with Crippen LogP contribution in [0.1, 0.15) is 17.4 Å². The number of halogens is 1. The monoisotopic (exact) mass is 244 g/mol. The summed E-state index contributed by atoms with van der Waals surface area (Å²) in [5.41, 5.74) is 1.03. The molecule has 2 rings (SSSR count). The fourth-order valence-corrected chi connectivity index (χ4v) is 1.68. The van der Waals surface area contributed by atoms with Crippen LogP contribution in [0.4, 0.5) is 4.39 Å². The predicted molar refractivity (Wildman–Crippen MR) is 65.2 cm³/mol. The minimum atomic E-state index is -0.444. The van der Waals surface area contributed by atoms with Crippen LogP contribution < -0.4 is 5.32 Å². The Kier molecular flexibility index (Phi) is 4.11. The fraction of sp³-hybridized carbons (Fsp3) is 0.214. The highest BCUT2D eigenvalue weighted by molar-refractivity contribution is 5.17. The Hall–Kier alpha value is -2.12. The molecule has 0 radical (unpaired) electrons. The average molecular weight is 244 g/mol. The molecule has 2 aromatic rings. The number of furan rings is 1. The van der Waals surface area contributed by atoms with Crippen LogP contribution in [0.3, 0.4) is 0 Å². The van der Waals surface area contributed by atoms with Gasteiger partial charge in [-0.3, -0.25) is 5.32 Å². The van der Waals surface area contributed by atoms with Gasteiger partial charge < -0.3 is 4.42 Å². The van der Waals surface area contributed by atoms with Crippen LogP contribution in [0.15, 0.2) is 47.1 Å². The highest BCUT2D eigenvalue weighted by atomic mass is 19.1. The van der Waals surface area contributed by atoms with E-state index in [9.17, 15) is 4.39 Å². The molecule has 1 N–H and O–H groups in total. The van der Waals surface area contributed by atoms with E-state index in [1.165, 1.54) is 12.1 Å². The average Bonchev–Trinajstić information content (AvgIpc) is 2.91. The van der Waals surface area contributed by atoms with Gasteiger partial charge in [-0.15, -0.1) is 0 Å². The van der Waals surface area contributed by atoms with Gasteiger partial charge in [0.2, 0.25) is 0 Å². The molecule has 0 fully saturated rings. The van der Waals surface area contributed by atoms with Crippen LogP contribution in [0.2, 0.25) is 0 Å². The quantitative estimate of drug-likeness (QED) is 0.879. The third-order valence-corrected chi connectivity index (χ3v) is 2.63. The summed E-state index contributed by atoms with van der Waals surface area (Å²) in [7, 11) is 0. The Labute approximate surface area is 105 Å². The zero-order valence-corrected chi connectivity index (χ0v) is 9.77. The molecule has 0 bridgehead atoms. The molecule has 0 saturated heterocycles. The van der Waals surface area contributed by atoms with Gasteiger partial charge in [0, 0.05) is 6.54 Å². The molecule has 3 nitrogen and oxygen atoms in total. The number of nitrogens with one attached hydrogen (secondary N) is 1. The maximum atomic E-state index is 12.7. The van der Waals surface area contributed by atoms with E-state index in [0.29, 0.717) is 12.3 Å². The first kappa shape index (κ1) is 12.3. The van der Waals surface area contributed by atoms with Crippen molar-refractivity contribution in [3.8, 4) is 6.07 Å². The topological polar surface area (TPSA) is 49.0 Å². The molecule has 0 amide bonds. The predicted octanol–water partition coefficient (Wildman–Crippen LogP) is 2.82. The Balaban J connectivity index is 1.85.